The highest BCUT2D eigenvalue weighted by atomic mass is 32.4. The zero-order valence-electron chi connectivity index (χ0n) is 7.51. The van der Waals surface area contributed by atoms with Crippen molar-refractivity contribution in [2.45, 2.75) is 39.0 Å². The monoisotopic (exact) mass is 190 g/mol. The van der Waals surface area contributed by atoms with E-state index in [0.717, 1.165) is 0 Å². The Balaban J connectivity index is 2.45. The van der Waals surface area contributed by atoms with Crippen molar-refractivity contribution in [1.82, 2.24) is 0 Å². The molecule has 11 heavy (non-hydrogen) atoms. The maximum atomic E-state index is 5.75. The molecule has 0 nitrogen and oxygen atoms in total. The van der Waals surface area contributed by atoms with Gasteiger partial charge in [-0.25, -0.2) is 0 Å². The average Bonchev–Trinajstić information content (AvgIpc) is 2.15. The Morgan fingerprint density at radius 1 is 1.09 bits per heavy atom. The maximum absolute atomic E-state index is 5.75. The van der Waals surface area contributed by atoms with Crippen molar-refractivity contribution in [3.63, 3.8) is 0 Å². The van der Waals surface area contributed by atoms with Crippen LogP contribution in [0.2, 0.25) is 0 Å². The lowest BCUT2D eigenvalue weighted by Crippen LogP contribution is -1.95. The molecule has 0 aliphatic carbocycles. The molecule has 66 valence electrons. The average molecular weight is 190 g/mol. The lowest BCUT2D eigenvalue weighted by Gasteiger charge is -2.18. The van der Waals surface area contributed by atoms with Crippen LogP contribution in [0.15, 0.2) is 0 Å². The number of hydrogen-bond donors (Lipinski definition) is 0. The van der Waals surface area contributed by atoms with Crippen molar-refractivity contribution in [3.8, 4) is 0 Å². The van der Waals surface area contributed by atoms with Gasteiger partial charge in [-0.3, -0.25) is 0 Å². The second kappa shape index (κ2) is 4.62. The van der Waals surface area contributed by atoms with Gasteiger partial charge in [0.15, 0.2) is 0 Å². The predicted molar refractivity (Wildman–Crippen MR) is 57.6 cm³/mol. The Bertz CT molecular complexity index is 142. The second-order valence-electron chi connectivity index (χ2n) is 3.64. The molecular formula is C9H19PS. The summed E-state index contributed by atoms with van der Waals surface area (Å²) in [5, 5.41) is 0. The van der Waals surface area contributed by atoms with E-state index in [-0.39, 0.29) is 0 Å². The SMILES string of the molecule is CCCP1(=S)CCCCCC1. The van der Waals surface area contributed by atoms with Crippen molar-refractivity contribution in [3.05, 3.63) is 0 Å². The van der Waals surface area contributed by atoms with Crippen LogP contribution >= 0.6 is 6.04 Å². The van der Waals surface area contributed by atoms with Gasteiger partial charge in [0.1, 0.15) is 0 Å². The van der Waals surface area contributed by atoms with Crippen LogP contribution in [0.25, 0.3) is 0 Å². The first kappa shape index (κ1) is 9.74. The van der Waals surface area contributed by atoms with Gasteiger partial charge in [0.2, 0.25) is 0 Å². The van der Waals surface area contributed by atoms with Crippen molar-refractivity contribution in [2.75, 3.05) is 18.5 Å². The Labute approximate surface area is 75.8 Å². The molecular weight excluding hydrogens is 171 g/mol. The molecule has 0 aromatic heterocycles. The molecule has 0 amide bonds. The van der Waals surface area contributed by atoms with E-state index in [2.05, 4.69) is 6.92 Å². The van der Waals surface area contributed by atoms with Crippen molar-refractivity contribution in [1.29, 1.82) is 0 Å². The highest BCUT2D eigenvalue weighted by Gasteiger charge is 2.17. The van der Waals surface area contributed by atoms with Gasteiger partial charge in [0.05, 0.1) is 0 Å². The molecule has 0 unspecified atom stereocenters. The summed E-state index contributed by atoms with van der Waals surface area (Å²) < 4.78 is 0. The molecule has 1 rings (SSSR count). The van der Waals surface area contributed by atoms with E-state index in [0.29, 0.717) is 0 Å². The van der Waals surface area contributed by atoms with Crippen LogP contribution in [0, 0.1) is 0 Å². The topological polar surface area (TPSA) is 0 Å². The van der Waals surface area contributed by atoms with Crippen LogP contribution in [0.5, 0.6) is 0 Å². The van der Waals surface area contributed by atoms with E-state index in [9.17, 15) is 0 Å². The van der Waals surface area contributed by atoms with Gasteiger partial charge >= 0.3 is 0 Å². The van der Waals surface area contributed by atoms with E-state index in [1.165, 1.54) is 50.6 Å². The molecule has 1 aliphatic rings. The van der Waals surface area contributed by atoms with E-state index in [1.54, 1.807) is 0 Å². The molecule has 1 fully saturated rings. The van der Waals surface area contributed by atoms with Crippen LogP contribution < -0.4 is 0 Å². The first-order valence-corrected chi connectivity index (χ1v) is 8.20. The smallest absolute Gasteiger partial charge is 0.0235 e. The molecule has 1 heterocycles. The van der Waals surface area contributed by atoms with Crippen LogP contribution in [0.3, 0.4) is 0 Å². The molecule has 0 atom stereocenters. The van der Waals surface area contributed by atoms with Gasteiger partial charge in [-0.2, -0.15) is 0 Å². The van der Waals surface area contributed by atoms with E-state index in [4.69, 9.17) is 11.8 Å². The third kappa shape index (κ3) is 3.25. The van der Waals surface area contributed by atoms with Gasteiger partial charge in [-0.05, 0) is 37.4 Å². The summed E-state index contributed by atoms with van der Waals surface area (Å²) in [6.45, 7) is 2.28. The molecule has 0 bridgehead atoms. The number of rotatable bonds is 2. The Hall–Kier alpha value is 0.650. The van der Waals surface area contributed by atoms with E-state index < -0.39 is 6.04 Å². The van der Waals surface area contributed by atoms with Gasteiger partial charge in [-0.15, -0.1) is 0 Å². The van der Waals surface area contributed by atoms with Crippen LogP contribution in [0.4, 0.5) is 0 Å². The molecule has 1 aliphatic heterocycles. The molecule has 0 radical (unpaired) electrons. The largest absolute Gasteiger partial charge is 0.0975 e. The zero-order valence-corrected chi connectivity index (χ0v) is 9.22. The third-order valence-corrected chi connectivity index (χ3v) is 7.68. The predicted octanol–water partition coefficient (Wildman–Crippen LogP) is 3.45. The Morgan fingerprint density at radius 2 is 1.64 bits per heavy atom. The molecule has 0 N–H and O–H groups in total. The van der Waals surface area contributed by atoms with Crippen molar-refractivity contribution < 1.29 is 0 Å². The molecule has 2 heteroatoms. The molecule has 0 aromatic carbocycles. The lowest BCUT2D eigenvalue weighted by atomic mass is 10.2. The van der Waals surface area contributed by atoms with Gasteiger partial charge in [0, 0.05) is 0 Å². The minimum atomic E-state index is -0.823. The van der Waals surface area contributed by atoms with E-state index in [1.807, 2.05) is 0 Å². The summed E-state index contributed by atoms with van der Waals surface area (Å²) in [6.07, 6.45) is 11.3. The Morgan fingerprint density at radius 3 is 2.09 bits per heavy atom. The fraction of sp³-hybridized carbons (Fsp3) is 1.00. The van der Waals surface area contributed by atoms with E-state index >= 15 is 0 Å². The standard InChI is InChI=1S/C9H19PS/c1-2-7-10(11)8-5-3-4-6-9-10/h2-9H2,1H3. The highest BCUT2D eigenvalue weighted by molar-refractivity contribution is 8.14. The first-order valence-electron chi connectivity index (χ1n) is 4.84. The van der Waals surface area contributed by atoms with Crippen molar-refractivity contribution in [2.24, 2.45) is 0 Å². The summed E-state index contributed by atoms with van der Waals surface area (Å²) in [5.41, 5.74) is 0. The second-order valence-corrected chi connectivity index (χ2v) is 9.42. The Kier molecular flexibility index (Phi) is 4.09. The fourth-order valence-corrected chi connectivity index (χ4v) is 6.30. The van der Waals surface area contributed by atoms with Crippen LogP contribution in [-0.4, -0.2) is 18.5 Å². The van der Waals surface area contributed by atoms with Crippen LogP contribution in [-0.2, 0) is 11.8 Å². The van der Waals surface area contributed by atoms with Gasteiger partial charge in [-0.1, -0.05) is 38.0 Å². The molecule has 0 spiro atoms. The maximum Gasteiger partial charge on any atom is -0.0235 e. The lowest BCUT2D eigenvalue weighted by molar-refractivity contribution is 0.726. The summed E-state index contributed by atoms with van der Waals surface area (Å²) in [6, 6.07) is -0.823. The molecule has 0 saturated carbocycles. The summed E-state index contributed by atoms with van der Waals surface area (Å²) in [4.78, 5) is 0. The first-order chi connectivity index (χ1) is 5.27. The third-order valence-electron chi connectivity index (χ3n) is 2.51. The molecule has 0 aromatic rings. The van der Waals surface area contributed by atoms with Gasteiger partial charge in [0.25, 0.3) is 0 Å². The summed E-state index contributed by atoms with van der Waals surface area (Å²) >= 11 is 5.75. The molecule has 1 saturated heterocycles. The summed E-state index contributed by atoms with van der Waals surface area (Å²) in [5.74, 6) is 0. The van der Waals surface area contributed by atoms with Crippen molar-refractivity contribution >= 4 is 17.8 Å². The normalized spacial score (nSPS) is 24.5. The fourth-order valence-electron chi connectivity index (χ4n) is 1.90. The highest BCUT2D eigenvalue weighted by Crippen LogP contribution is 2.49. The minimum absolute atomic E-state index is 0.823. The number of hydrogen-bond acceptors (Lipinski definition) is 1. The summed E-state index contributed by atoms with van der Waals surface area (Å²) in [7, 11) is 0. The zero-order chi connectivity index (χ0) is 8.16. The van der Waals surface area contributed by atoms with Gasteiger partial charge < -0.3 is 0 Å². The quantitative estimate of drug-likeness (QED) is 0.601. The minimum Gasteiger partial charge on any atom is -0.0975 e. The van der Waals surface area contributed by atoms with Crippen LogP contribution in [0.1, 0.15) is 39.0 Å².